The maximum Gasteiger partial charge on any atom is 0.111 e. The van der Waals surface area contributed by atoms with Gasteiger partial charge in [-0.15, -0.1) is 0 Å². The summed E-state index contributed by atoms with van der Waals surface area (Å²) in [6.07, 6.45) is 38.5. The Bertz CT molecular complexity index is 3790. The van der Waals surface area contributed by atoms with E-state index in [0.29, 0.717) is 98.4 Å². The van der Waals surface area contributed by atoms with Crippen LogP contribution in [-0.4, -0.2) is 92.7 Å². The van der Waals surface area contributed by atoms with E-state index in [1.54, 1.807) is 0 Å². The predicted molar refractivity (Wildman–Crippen MR) is 469 cm³/mol. The molecule has 115 heavy (non-hydrogen) atoms. The Labute approximate surface area is 699 Å². The molecule has 15 aliphatic carbocycles. The minimum Gasteiger partial charge on any atom is -0.512 e. The molecule has 16 rings (SSSR count). The number of fused-ring (bicyclic) bond motifs is 21. The van der Waals surface area contributed by atoms with Gasteiger partial charge < -0.3 is 51.3 Å². The van der Waals surface area contributed by atoms with Gasteiger partial charge in [0.2, 0.25) is 0 Å². The molecular formula is C105H167NO9. The van der Waals surface area contributed by atoms with Crippen LogP contribution in [0.25, 0.3) is 0 Å². The quantitative estimate of drug-likeness (QED) is 0.0504. The summed E-state index contributed by atoms with van der Waals surface area (Å²) in [7, 11) is 0. The minimum absolute atomic E-state index is 0.00531. The lowest BCUT2D eigenvalue weighted by Crippen LogP contribution is -2.67. The summed E-state index contributed by atoms with van der Waals surface area (Å²) in [5, 5.41) is 83.9. The third-order valence-electron chi connectivity index (χ3n) is 44.5. The van der Waals surface area contributed by atoms with Crippen LogP contribution in [-0.2, 0) is 11.2 Å². The normalized spacial score (nSPS) is 51.5. The Morgan fingerprint density at radius 1 is 0.417 bits per heavy atom. The number of aliphatic hydroxyl groups is 8. The lowest BCUT2D eigenvalue weighted by atomic mass is 9.31. The predicted octanol–water partition coefficient (Wildman–Crippen LogP) is 22.6. The summed E-state index contributed by atoms with van der Waals surface area (Å²) >= 11 is 0. The van der Waals surface area contributed by atoms with Crippen molar-refractivity contribution in [3.63, 3.8) is 0 Å². The molecule has 0 aromatic heterocycles. The molecule has 646 valence electrons. The summed E-state index contributed by atoms with van der Waals surface area (Å²) < 4.78 is 6.09. The van der Waals surface area contributed by atoms with Crippen molar-refractivity contribution in [2.75, 3.05) is 39.6 Å². The fourth-order valence-corrected chi connectivity index (χ4v) is 37.2. The van der Waals surface area contributed by atoms with Crippen LogP contribution < -0.4 is 5.73 Å². The Balaban J connectivity index is 0.000000143. The van der Waals surface area contributed by atoms with Gasteiger partial charge in [-0.1, -0.05) is 179 Å². The molecule has 15 aliphatic rings. The number of hydrogen-bond acceptors (Lipinski definition) is 10. The van der Waals surface area contributed by atoms with Crippen LogP contribution in [0.4, 0.5) is 0 Å². The summed E-state index contributed by atoms with van der Waals surface area (Å²) in [6, 6.07) is 11.0. The van der Waals surface area contributed by atoms with Crippen LogP contribution >= 0.6 is 0 Å². The Morgan fingerprint density at radius 3 is 1.21 bits per heavy atom. The molecule has 0 aliphatic heterocycles. The van der Waals surface area contributed by atoms with Crippen molar-refractivity contribution in [2.24, 2.45) is 182 Å². The summed E-state index contributed by atoms with van der Waals surface area (Å²) in [5.74, 6) is 9.88. The van der Waals surface area contributed by atoms with Crippen molar-refractivity contribution in [1.82, 2.24) is 0 Å². The number of benzene rings is 1. The number of nitrogens with two attached hydrogens (primary N) is 1. The van der Waals surface area contributed by atoms with Crippen LogP contribution in [0.5, 0.6) is 0 Å². The first-order valence-corrected chi connectivity index (χ1v) is 47.7. The SMILES string of the molecule is C=C(CCCc1ccccc1)[C@@H]1CC[C@]2(C(=C)O)CC[C@]3(C)C(CC[C@@H]4[C@@]5(C)CC[C@H](C)[C@@](C)(CC)[C@@H]5CC[C@]43C)[C@@H]12.C=C(CO)[C@@H]1CC[C@]2(C(=C)N)CC[C@]3(C)C(CC[C@@H]4[C@@]5(C)CC[C@H](O)[C@@](C)(CO)[C@@H]5CC[C@]43C)[C@@H]12.C=C(CO)[C@@H]1CC[C@]2(C(=C)OCCO)CC[C@]3(C)C(CC[C@@H]4[C@@]5(C)CC[C@H](O)[C@@](C)(CO)[C@@H]5CC[C@]43C)[C@@H]12. The molecule has 0 bridgehead atoms. The van der Waals surface area contributed by atoms with Crippen molar-refractivity contribution >= 4 is 0 Å². The first-order chi connectivity index (χ1) is 54.1. The van der Waals surface area contributed by atoms with Gasteiger partial charge in [0.25, 0.3) is 0 Å². The third-order valence-corrected chi connectivity index (χ3v) is 44.5. The maximum absolute atomic E-state index is 11.3. The number of ether oxygens (including phenoxy) is 1. The van der Waals surface area contributed by atoms with Gasteiger partial charge in [-0.2, -0.15) is 0 Å². The molecule has 0 heterocycles. The zero-order valence-corrected chi connectivity index (χ0v) is 75.4. The number of aliphatic hydroxyl groups excluding tert-OH is 8. The second-order valence-corrected chi connectivity index (χ2v) is 46.8. The molecule has 10 heteroatoms. The summed E-state index contributed by atoms with van der Waals surface area (Å²) in [5.41, 5.74) is 13.9. The van der Waals surface area contributed by atoms with E-state index in [-0.39, 0.29) is 94.3 Å². The average Bonchev–Trinajstić information content (AvgIpc) is 1.66. The van der Waals surface area contributed by atoms with E-state index in [2.05, 4.69) is 160 Å². The molecule has 10 nitrogen and oxygen atoms in total. The highest BCUT2D eigenvalue weighted by atomic mass is 16.5. The molecule has 15 fully saturated rings. The van der Waals surface area contributed by atoms with Gasteiger partial charge in [0.05, 0.1) is 56.8 Å². The van der Waals surface area contributed by atoms with Crippen molar-refractivity contribution < 1.29 is 45.6 Å². The van der Waals surface area contributed by atoms with E-state index in [0.717, 1.165) is 162 Å². The van der Waals surface area contributed by atoms with Crippen molar-refractivity contribution in [2.45, 2.75) is 327 Å². The second kappa shape index (κ2) is 30.9. The van der Waals surface area contributed by atoms with E-state index >= 15 is 0 Å². The Kier molecular flexibility index (Phi) is 23.7. The molecule has 3 unspecified atom stereocenters. The van der Waals surface area contributed by atoms with Gasteiger partial charge in [0.1, 0.15) is 6.61 Å². The second-order valence-electron chi connectivity index (χ2n) is 46.8. The van der Waals surface area contributed by atoms with Gasteiger partial charge >= 0.3 is 0 Å². The monoisotopic (exact) mass is 1590 g/mol. The van der Waals surface area contributed by atoms with Crippen molar-refractivity contribution in [3.8, 4) is 0 Å². The van der Waals surface area contributed by atoms with Gasteiger partial charge in [0, 0.05) is 32.8 Å². The van der Waals surface area contributed by atoms with Crippen LogP contribution in [0.3, 0.4) is 0 Å². The largest absolute Gasteiger partial charge is 0.512 e. The van der Waals surface area contributed by atoms with E-state index in [9.17, 15) is 40.9 Å². The number of rotatable bonds is 18. The molecule has 15 saturated carbocycles. The van der Waals surface area contributed by atoms with E-state index in [4.69, 9.17) is 17.0 Å². The zero-order valence-electron chi connectivity index (χ0n) is 75.4. The average molecular weight is 1590 g/mol. The van der Waals surface area contributed by atoms with Crippen molar-refractivity contribution in [1.29, 1.82) is 0 Å². The summed E-state index contributed by atoms with van der Waals surface area (Å²) in [6.45, 7) is 62.6. The van der Waals surface area contributed by atoms with Crippen LogP contribution in [0.15, 0.2) is 104 Å². The number of allylic oxidation sites excluding steroid dienone is 4. The fourth-order valence-electron chi connectivity index (χ4n) is 37.2. The van der Waals surface area contributed by atoms with Crippen LogP contribution in [0, 0.1) is 176 Å². The first kappa shape index (κ1) is 88.1. The molecule has 0 radical (unpaired) electrons. The standard InChI is InChI=1S/C41H62O.C33H54O5.C31H51NO3/c1-9-37(5)29(3)20-23-38(6)34(37)22-24-40(8)35(38)19-18-33-36-32(28(2)14-13-17-31-15-11-10-12-16-31)21-25-41(36,30(4)42)27-26-39(33,40)7;1-21(19-35)23-9-14-33(22(2)38-18-17-34)16-15-31(5)24(28(23)33)7-8-26-29(3)12-11-27(37)30(4,20-36)25(29)10-13-32(26,31)6;1-19(17-33)21-9-14-31(20(2)32)16-15-29(5)22(26(21)31)7-8-24-27(3)12-11-25(35)28(4,18-34)23(27)10-13-30(24,29)6/h10-12,15-16,29,32-36,42H,2,4,9,13-14,17-27H2,1,3,5-8H3;23-28,34-37H,1-2,7-20H2,3-6H3;21-26,33-35H,1-2,7-18,32H2,3-6H3/t29-,32-,33?,34-,35+,36+,37+,38-,39+,40+,41+;23-,24?,25+,26+,27-,28+,29-,30-,31+,32+,33+;21-,22?,23+,24+,25-,26+,27-,28-,29+,30+,31+/m000/s1. The minimum atomic E-state index is -0.426. The molecule has 10 N–H and O–H groups in total. The highest BCUT2D eigenvalue weighted by Gasteiger charge is 2.76. The maximum atomic E-state index is 11.3. The molecule has 1 aromatic carbocycles. The highest BCUT2D eigenvalue weighted by Crippen LogP contribution is 2.83. The molecule has 33 atom stereocenters. The molecule has 0 saturated heterocycles. The summed E-state index contributed by atoms with van der Waals surface area (Å²) in [4.78, 5) is 0. The van der Waals surface area contributed by atoms with Gasteiger partial charge in [-0.25, -0.2) is 0 Å². The van der Waals surface area contributed by atoms with Crippen LogP contribution in [0.2, 0.25) is 0 Å². The van der Waals surface area contributed by atoms with E-state index < -0.39 is 23.0 Å². The van der Waals surface area contributed by atoms with E-state index in [1.165, 1.54) is 107 Å². The molecular weight excluding hydrogens is 1420 g/mol. The first-order valence-electron chi connectivity index (χ1n) is 47.7. The lowest BCUT2D eigenvalue weighted by molar-refractivity contribution is -0.253. The van der Waals surface area contributed by atoms with Gasteiger partial charge in [-0.3, -0.25) is 0 Å². The molecule has 0 spiro atoms. The van der Waals surface area contributed by atoms with Crippen LogP contribution in [0.1, 0.15) is 314 Å². The highest BCUT2D eigenvalue weighted by molar-refractivity contribution is 5.32. The number of aryl methyl sites for hydroxylation is 1. The Hall–Kier alpha value is -3.22. The molecule has 0 amide bonds. The Morgan fingerprint density at radius 2 is 0.800 bits per heavy atom. The van der Waals surface area contributed by atoms with E-state index in [1.807, 2.05) is 0 Å². The number of hydrogen-bond donors (Lipinski definition) is 9. The van der Waals surface area contributed by atoms with Crippen molar-refractivity contribution in [3.05, 3.63) is 109 Å². The smallest absolute Gasteiger partial charge is 0.111 e. The molecule has 1 aromatic rings. The third kappa shape index (κ3) is 12.4. The lowest BCUT2D eigenvalue weighted by Gasteiger charge is -2.73. The zero-order chi connectivity index (χ0) is 83.5. The van der Waals surface area contributed by atoms with Gasteiger partial charge in [-0.05, 0) is 377 Å². The van der Waals surface area contributed by atoms with Gasteiger partial charge in [0.15, 0.2) is 0 Å². The topological polar surface area (TPSA) is 197 Å². The fraction of sp³-hybridized carbons (Fsp3) is 0.829.